The molecule has 1 fully saturated rings. The van der Waals surface area contributed by atoms with Crippen molar-refractivity contribution in [3.8, 4) is 0 Å². The van der Waals surface area contributed by atoms with Crippen LogP contribution in [0, 0.1) is 6.07 Å². The second-order valence-corrected chi connectivity index (χ2v) is 5.89. The van der Waals surface area contributed by atoms with E-state index in [1.807, 2.05) is 12.3 Å². The average molecular weight is 437 g/mol. The zero-order chi connectivity index (χ0) is 12.4. The molecule has 101 valence electrons. The van der Waals surface area contributed by atoms with Crippen LogP contribution in [0.25, 0.3) is 21.7 Å². The van der Waals surface area contributed by atoms with E-state index < -0.39 is 0 Å². The number of hydrogen-bond acceptors (Lipinski definition) is 1. The Balaban J connectivity index is 0.00000106. The van der Waals surface area contributed by atoms with Crippen molar-refractivity contribution >= 4 is 21.7 Å². The van der Waals surface area contributed by atoms with Crippen LogP contribution in [0.2, 0.25) is 0 Å². The maximum atomic E-state index is 4.64. The largest absolute Gasteiger partial charge is 0.304 e. The van der Waals surface area contributed by atoms with Crippen molar-refractivity contribution in [3.63, 3.8) is 0 Å². The minimum absolute atomic E-state index is 0. The molecule has 1 nitrogen and oxygen atoms in total. The van der Waals surface area contributed by atoms with E-state index in [0.29, 0.717) is 0 Å². The predicted octanol–water partition coefficient (Wildman–Crippen LogP) is 4.55. The molecule has 0 saturated heterocycles. The molecule has 2 aliphatic carbocycles. The molecule has 2 heteroatoms. The summed E-state index contributed by atoms with van der Waals surface area (Å²) in [5.74, 6) is 1.55. The van der Waals surface area contributed by atoms with E-state index in [9.17, 15) is 0 Å². The Bertz CT molecular complexity index is 755. The molecular formula is C18H14IrN-. The Kier molecular flexibility index (Phi) is 2.73. The third-order valence-electron chi connectivity index (χ3n) is 5.02. The summed E-state index contributed by atoms with van der Waals surface area (Å²) in [5.41, 5.74) is 4.36. The molecule has 5 rings (SSSR count). The minimum atomic E-state index is 0. The summed E-state index contributed by atoms with van der Waals surface area (Å²) >= 11 is 0. The number of benzene rings is 2. The van der Waals surface area contributed by atoms with Crippen molar-refractivity contribution in [1.29, 1.82) is 0 Å². The van der Waals surface area contributed by atoms with Gasteiger partial charge in [0.2, 0.25) is 0 Å². The number of aromatic nitrogens is 1. The summed E-state index contributed by atoms with van der Waals surface area (Å²) < 4.78 is 0. The molecule has 0 amide bonds. The molecule has 0 N–H and O–H groups in total. The van der Waals surface area contributed by atoms with E-state index >= 15 is 0 Å². The molecule has 0 aliphatic heterocycles. The van der Waals surface area contributed by atoms with Crippen LogP contribution in [-0.4, -0.2) is 4.98 Å². The standard InChI is InChI=1S/C18H14N.Ir/c1-2-5-14-13(4-1)16-11-7-8-12(10-11)17(16)15-6-3-9-19-18(14)15;/h1-4,6,9,11-12H,7-8,10H2;/q-1;/t11-,12+;/m1./s1. The van der Waals surface area contributed by atoms with Gasteiger partial charge in [0, 0.05) is 26.3 Å². The zero-order valence-electron chi connectivity index (χ0n) is 11.0. The quantitative estimate of drug-likeness (QED) is 0.372. The summed E-state index contributed by atoms with van der Waals surface area (Å²) in [4.78, 5) is 4.64. The van der Waals surface area contributed by atoms with E-state index in [1.165, 1.54) is 35.4 Å². The van der Waals surface area contributed by atoms with Crippen LogP contribution in [0.5, 0.6) is 0 Å². The molecule has 1 saturated carbocycles. The predicted molar refractivity (Wildman–Crippen MR) is 77.4 cm³/mol. The van der Waals surface area contributed by atoms with Gasteiger partial charge in [-0.1, -0.05) is 11.6 Å². The first-order chi connectivity index (χ1) is 9.43. The number of pyridine rings is 1. The third kappa shape index (κ3) is 1.44. The second kappa shape index (κ2) is 4.38. The maximum absolute atomic E-state index is 4.64. The number of rotatable bonds is 0. The number of hydrogen-bond donors (Lipinski definition) is 0. The molecule has 2 bridgehead atoms. The van der Waals surface area contributed by atoms with Crippen LogP contribution < -0.4 is 0 Å². The van der Waals surface area contributed by atoms with Gasteiger partial charge in [-0.15, -0.1) is 35.0 Å². The van der Waals surface area contributed by atoms with Gasteiger partial charge in [-0.3, -0.25) is 0 Å². The fourth-order valence-electron chi connectivity index (χ4n) is 4.35. The monoisotopic (exact) mass is 437 g/mol. The topological polar surface area (TPSA) is 12.9 Å². The van der Waals surface area contributed by atoms with Crippen molar-refractivity contribution in [2.75, 3.05) is 0 Å². The van der Waals surface area contributed by atoms with Gasteiger partial charge in [-0.25, -0.2) is 0 Å². The molecule has 1 aromatic heterocycles. The molecule has 1 heterocycles. The van der Waals surface area contributed by atoms with Gasteiger partial charge in [-0.2, -0.15) is 0 Å². The number of nitrogens with zero attached hydrogens (tertiary/aromatic N) is 1. The zero-order valence-corrected chi connectivity index (χ0v) is 13.4. The van der Waals surface area contributed by atoms with E-state index in [0.717, 1.165) is 17.4 Å². The fraction of sp³-hybridized carbons (Fsp3) is 0.278. The molecule has 1 radical (unpaired) electrons. The number of fused-ring (bicyclic) bond motifs is 10. The van der Waals surface area contributed by atoms with Gasteiger partial charge in [0.05, 0.1) is 0 Å². The Morgan fingerprint density at radius 2 is 1.75 bits per heavy atom. The van der Waals surface area contributed by atoms with Crippen LogP contribution in [0.15, 0.2) is 36.5 Å². The van der Waals surface area contributed by atoms with Gasteiger partial charge in [0.25, 0.3) is 0 Å². The Morgan fingerprint density at radius 1 is 1.00 bits per heavy atom. The summed E-state index contributed by atoms with van der Waals surface area (Å²) in [5, 5.41) is 3.99. The molecule has 2 aromatic carbocycles. The van der Waals surface area contributed by atoms with Gasteiger partial charge in [-0.05, 0) is 53.6 Å². The maximum Gasteiger partial charge on any atom is 0.0161 e. The average Bonchev–Trinajstić information content (AvgIpc) is 3.09. The van der Waals surface area contributed by atoms with Crippen LogP contribution >= 0.6 is 0 Å². The smallest absolute Gasteiger partial charge is 0.0161 e. The molecule has 0 spiro atoms. The summed E-state index contributed by atoms with van der Waals surface area (Å²) in [6.07, 6.45) is 5.99. The van der Waals surface area contributed by atoms with Gasteiger partial charge < -0.3 is 4.98 Å². The van der Waals surface area contributed by atoms with Crippen LogP contribution in [-0.2, 0) is 20.1 Å². The molecule has 2 aliphatic rings. The normalized spacial score (nSPS) is 23.0. The Labute approximate surface area is 131 Å². The Morgan fingerprint density at radius 3 is 2.60 bits per heavy atom. The molecule has 2 atom stereocenters. The van der Waals surface area contributed by atoms with Crippen molar-refractivity contribution < 1.29 is 20.1 Å². The van der Waals surface area contributed by atoms with E-state index in [4.69, 9.17) is 0 Å². The summed E-state index contributed by atoms with van der Waals surface area (Å²) in [6.45, 7) is 0. The molecule has 20 heavy (non-hydrogen) atoms. The first kappa shape index (κ1) is 12.5. The van der Waals surface area contributed by atoms with E-state index in [2.05, 4.69) is 35.3 Å². The Hall–Kier alpha value is -1.24. The van der Waals surface area contributed by atoms with E-state index in [1.54, 1.807) is 11.1 Å². The summed E-state index contributed by atoms with van der Waals surface area (Å²) in [6, 6.07) is 14.1. The van der Waals surface area contributed by atoms with Crippen LogP contribution in [0.1, 0.15) is 42.2 Å². The first-order valence-electron chi connectivity index (χ1n) is 7.14. The van der Waals surface area contributed by atoms with Crippen molar-refractivity contribution in [3.05, 3.63) is 53.7 Å². The van der Waals surface area contributed by atoms with Gasteiger partial charge >= 0.3 is 0 Å². The second-order valence-electron chi connectivity index (χ2n) is 5.89. The van der Waals surface area contributed by atoms with Gasteiger partial charge in [0.1, 0.15) is 0 Å². The molecule has 3 aromatic rings. The fourth-order valence-corrected chi connectivity index (χ4v) is 4.35. The summed E-state index contributed by atoms with van der Waals surface area (Å²) in [7, 11) is 0. The van der Waals surface area contributed by atoms with Gasteiger partial charge in [0.15, 0.2) is 0 Å². The molecular weight excluding hydrogens is 422 g/mol. The van der Waals surface area contributed by atoms with E-state index in [-0.39, 0.29) is 20.1 Å². The third-order valence-corrected chi connectivity index (χ3v) is 5.02. The van der Waals surface area contributed by atoms with Crippen molar-refractivity contribution in [1.82, 2.24) is 4.98 Å². The first-order valence-corrected chi connectivity index (χ1v) is 7.14. The molecule has 0 unspecified atom stereocenters. The van der Waals surface area contributed by atoms with Crippen molar-refractivity contribution in [2.24, 2.45) is 0 Å². The van der Waals surface area contributed by atoms with Crippen LogP contribution in [0.4, 0.5) is 0 Å². The minimum Gasteiger partial charge on any atom is -0.304 e. The SMILES string of the molecule is [Ir].[c-]1cccc2c3c(c4cccnc4c12)[C@H]1CC[C@@H]3C1. The van der Waals surface area contributed by atoms with Crippen LogP contribution in [0.3, 0.4) is 0 Å². The van der Waals surface area contributed by atoms with Crippen molar-refractivity contribution in [2.45, 2.75) is 31.1 Å².